The summed E-state index contributed by atoms with van der Waals surface area (Å²) in [7, 11) is 0. The molecule has 0 aliphatic carbocycles. The Bertz CT molecular complexity index is 722. The van der Waals surface area contributed by atoms with Gasteiger partial charge in [-0.2, -0.15) is 0 Å². The van der Waals surface area contributed by atoms with E-state index in [1.165, 1.54) is 9.80 Å². The first kappa shape index (κ1) is 22.5. The molecule has 2 saturated heterocycles. The van der Waals surface area contributed by atoms with Crippen molar-refractivity contribution in [3.8, 4) is 0 Å². The normalized spacial score (nSPS) is 26.4. The van der Waals surface area contributed by atoms with Gasteiger partial charge in [0.15, 0.2) is 0 Å². The van der Waals surface area contributed by atoms with Gasteiger partial charge in [0.25, 0.3) is 5.91 Å². The van der Waals surface area contributed by atoms with Crippen molar-refractivity contribution in [2.24, 2.45) is 11.7 Å². The highest BCUT2D eigenvalue weighted by Gasteiger charge is 2.64. The molecule has 3 atom stereocenters. The molecule has 8 nitrogen and oxygen atoms in total. The van der Waals surface area contributed by atoms with Crippen LogP contribution in [0.25, 0.3) is 0 Å². The zero-order valence-corrected chi connectivity index (χ0v) is 18.1. The minimum Gasteiger partial charge on any atom is -0.455 e. The number of hydrogen-bond donors (Lipinski definition) is 1. The molecule has 3 aliphatic rings. The molecule has 3 rings (SSSR count). The highest BCUT2D eigenvalue weighted by Crippen LogP contribution is 2.49. The molecule has 0 bridgehead atoms. The summed E-state index contributed by atoms with van der Waals surface area (Å²) in [4.78, 5) is 41.1. The maximum atomic E-state index is 12.9. The van der Waals surface area contributed by atoms with E-state index in [0.29, 0.717) is 13.0 Å². The summed E-state index contributed by atoms with van der Waals surface area (Å²) in [6.07, 6.45) is 0.127. The van der Waals surface area contributed by atoms with Gasteiger partial charge in [-0.3, -0.25) is 14.6 Å². The molecule has 1 unspecified atom stereocenters. The van der Waals surface area contributed by atoms with Crippen molar-refractivity contribution in [1.29, 1.82) is 0 Å². The average molecular weight is 416 g/mol. The Morgan fingerprint density at radius 1 is 1.11 bits per heavy atom. The Kier molecular flexibility index (Phi) is 5.80. The number of likely N-dealkylation sites (tertiary alicyclic amines) is 1. The minimum absolute atomic E-state index is 0. The topological polar surface area (TPSA) is 102 Å². The van der Waals surface area contributed by atoms with Gasteiger partial charge in [0.2, 0.25) is 0 Å². The predicted molar refractivity (Wildman–Crippen MR) is 105 cm³/mol. The summed E-state index contributed by atoms with van der Waals surface area (Å²) in [5, 5.41) is 0. The number of amides is 2. The van der Waals surface area contributed by atoms with Gasteiger partial charge in [-0.25, -0.2) is 9.59 Å². The number of β-lactam (4-membered cyclic amide) rings is 1. The highest BCUT2D eigenvalue weighted by atomic mass is 35.5. The van der Waals surface area contributed by atoms with Crippen LogP contribution >= 0.6 is 12.4 Å². The fourth-order valence-corrected chi connectivity index (χ4v) is 4.10. The van der Waals surface area contributed by atoms with E-state index in [9.17, 15) is 14.4 Å². The Hall–Kier alpha value is -1.80. The van der Waals surface area contributed by atoms with Crippen molar-refractivity contribution < 1.29 is 23.9 Å². The van der Waals surface area contributed by atoms with Crippen molar-refractivity contribution in [1.82, 2.24) is 9.80 Å². The summed E-state index contributed by atoms with van der Waals surface area (Å²) in [6, 6.07) is -0.875. The molecule has 0 saturated carbocycles. The molecule has 0 radical (unpaired) electrons. The average Bonchev–Trinajstić information content (AvgIpc) is 2.82. The van der Waals surface area contributed by atoms with E-state index in [1.54, 1.807) is 41.5 Å². The first-order valence-electron chi connectivity index (χ1n) is 9.35. The largest absolute Gasteiger partial charge is 0.455 e. The number of carbonyl (C=O) groups is 3. The van der Waals surface area contributed by atoms with Gasteiger partial charge in [0.05, 0.1) is 6.04 Å². The van der Waals surface area contributed by atoms with Crippen molar-refractivity contribution in [2.75, 3.05) is 13.1 Å². The van der Waals surface area contributed by atoms with Gasteiger partial charge >= 0.3 is 12.1 Å². The van der Waals surface area contributed by atoms with E-state index in [4.69, 9.17) is 15.2 Å². The van der Waals surface area contributed by atoms with Gasteiger partial charge < -0.3 is 15.2 Å². The lowest BCUT2D eigenvalue weighted by molar-refractivity contribution is -0.166. The summed E-state index contributed by atoms with van der Waals surface area (Å²) in [6.45, 7) is 11.3. The molecule has 0 aromatic rings. The highest BCUT2D eigenvalue weighted by molar-refractivity contribution is 6.03. The lowest BCUT2D eigenvalue weighted by atomic mass is 9.78. The van der Waals surface area contributed by atoms with Crippen LogP contribution < -0.4 is 5.73 Å². The van der Waals surface area contributed by atoms with Crippen LogP contribution in [0.5, 0.6) is 0 Å². The fourth-order valence-electron chi connectivity index (χ4n) is 4.10. The van der Waals surface area contributed by atoms with Crippen LogP contribution in [0.1, 0.15) is 48.0 Å². The van der Waals surface area contributed by atoms with E-state index >= 15 is 0 Å². The van der Waals surface area contributed by atoms with E-state index in [-0.39, 0.29) is 42.5 Å². The lowest BCUT2D eigenvalue weighted by Gasteiger charge is -2.53. The van der Waals surface area contributed by atoms with Crippen LogP contribution in [0.3, 0.4) is 0 Å². The molecule has 3 aliphatic heterocycles. The number of rotatable bonds is 2. The fraction of sp³-hybridized carbons (Fsp3) is 0.737. The van der Waals surface area contributed by atoms with E-state index < -0.39 is 29.3 Å². The van der Waals surface area contributed by atoms with Crippen molar-refractivity contribution in [3.63, 3.8) is 0 Å². The molecule has 0 aromatic heterocycles. The number of esters is 1. The number of ether oxygens (including phenoxy) is 2. The molecule has 9 heteroatoms. The number of piperidine rings is 1. The Labute approximate surface area is 171 Å². The zero-order chi connectivity index (χ0) is 20.3. The second-order valence-corrected chi connectivity index (χ2v) is 9.29. The monoisotopic (exact) mass is 415 g/mol. The van der Waals surface area contributed by atoms with Crippen LogP contribution in [0.4, 0.5) is 4.79 Å². The second kappa shape index (κ2) is 7.22. The predicted octanol–water partition coefficient (Wildman–Crippen LogP) is 1.81. The summed E-state index contributed by atoms with van der Waals surface area (Å²) in [5.41, 5.74) is 5.62. The molecular weight excluding hydrogens is 386 g/mol. The quantitative estimate of drug-likeness (QED) is 0.545. The number of nitrogens with two attached hydrogens (primary N) is 1. The number of nitrogens with zero attached hydrogens (tertiary/aromatic N) is 2. The van der Waals surface area contributed by atoms with Crippen molar-refractivity contribution in [3.05, 3.63) is 11.3 Å². The van der Waals surface area contributed by atoms with Gasteiger partial charge in [0, 0.05) is 19.0 Å². The molecule has 2 N–H and O–H groups in total. The summed E-state index contributed by atoms with van der Waals surface area (Å²) >= 11 is 0. The Balaban J connectivity index is 0.00000280. The Morgan fingerprint density at radius 2 is 1.68 bits per heavy atom. The smallest absolute Gasteiger partial charge is 0.411 e. The molecule has 158 valence electrons. The molecule has 2 amide bonds. The third kappa shape index (κ3) is 3.72. The number of hydrogen-bond acceptors (Lipinski definition) is 6. The van der Waals surface area contributed by atoms with Crippen molar-refractivity contribution >= 4 is 30.4 Å². The second-order valence-electron chi connectivity index (χ2n) is 9.29. The standard InChI is InChI=1S/C19H29N3O5.ClH/c1-18(2,3)26-16(24)13-11(9-20)10-7-8-21(17(25)27-19(4,5)6)14-12(10)22(13)15(14)23;/h10,12,14H,7-9,20H2,1-6H3;1H/t10?,12-,14+;/m1./s1. The maximum absolute atomic E-state index is 12.9. The van der Waals surface area contributed by atoms with E-state index in [2.05, 4.69) is 0 Å². The van der Waals surface area contributed by atoms with Gasteiger partial charge in [-0.05, 0) is 53.5 Å². The van der Waals surface area contributed by atoms with Crippen LogP contribution in [0, 0.1) is 5.92 Å². The first-order valence-corrected chi connectivity index (χ1v) is 9.35. The summed E-state index contributed by atoms with van der Waals surface area (Å²) < 4.78 is 10.9. The number of halogens is 1. The van der Waals surface area contributed by atoms with Crippen molar-refractivity contribution in [2.45, 2.75) is 71.2 Å². The van der Waals surface area contributed by atoms with Crippen LogP contribution in [0.2, 0.25) is 0 Å². The Morgan fingerprint density at radius 3 is 2.18 bits per heavy atom. The SMILES string of the molecule is CC(C)(C)OC(=O)C1=C(CN)C2CCN(C(=O)OC(C)(C)C)[C@@H]3C(=O)N1[C@H]23.Cl. The molecule has 0 aromatic carbocycles. The lowest BCUT2D eigenvalue weighted by Crippen LogP contribution is -2.73. The first-order chi connectivity index (χ1) is 12.4. The van der Waals surface area contributed by atoms with Gasteiger partial charge in [-0.1, -0.05) is 0 Å². The maximum Gasteiger partial charge on any atom is 0.411 e. The molecule has 2 fully saturated rings. The van der Waals surface area contributed by atoms with Gasteiger partial charge in [-0.15, -0.1) is 12.4 Å². The van der Waals surface area contributed by atoms with Crippen LogP contribution in [-0.4, -0.2) is 64.1 Å². The molecular formula is C19H30ClN3O5. The van der Waals surface area contributed by atoms with Crippen LogP contribution in [-0.2, 0) is 19.1 Å². The summed E-state index contributed by atoms with van der Waals surface area (Å²) in [5.74, 6) is -0.841. The third-order valence-corrected chi connectivity index (χ3v) is 4.97. The van der Waals surface area contributed by atoms with E-state index in [1.807, 2.05) is 0 Å². The van der Waals surface area contributed by atoms with Crippen LogP contribution in [0.15, 0.2) is 11.3 Å². The zero-order valence-electron chi connectivity index (χ0n) is 17.3. The number of carbonyl (C=O) groups excluding carboxylic acids is 3. The molecule has 3 heterocycles. The molecule has 0 spiro atoms. The van der Waals surface area contributed by atoms with Gasteiger partial charge in [0.1, 0.15) is 22.9 Å². The third-order valence-electron chi connectivity index (χ3n) is 4.97. The van der Waals surface area contributed by atoms with E-state index in [0.717, 1.165) is 5.57 Å². The molecule has 28 heavy (non-hydrogen) atoms. The minimum atomic E-state index is -0.673.